The number of aromatic nitrogens is 1. The predicted octanol–water partition coefficient (Wildman–Crippen LogP) is 3.74. The van der Waals surface area contributed by atoms with Gasteiger partial charge >= 0.3 is 0 Å². The highest BCUT2D eigenvalue weighted by molar-refractivity contribution is 6.31. The Bertz CT molecular complexity index is 479. The van der Waals surface area contributed by atoms with E-state index in [0.717, 1.165) is 11.3 Å². The van der Waals surface area contributed by atoms with Crippen LogP contribution < -0.4 is 4.74 Å². The summed E-state index contributed by atoms with van der Waals surface area (Å²) in [6, 6.07) is 7.44. The molecule has 0 aliphatic carbocycles. The van der Waals surface area contributed by atoms with E-state index in [-0.39, 0.29) is 11.1 Å². The molecule has 0 fully saturated rings. The second kappa shape index (κ2) is 4.76. The summed E-state index contributed by atoms with van der Waals surface area (Å²) in [5, 5.41) is 4.12. The molecular formula is C11H9Cl2NO2. The molecule has 2 rings (SSSR count). The monoisotopic (exact) mass is 257 g/mol. The molecule has 0 radical (unpaired) electrons. The van der Waals surface area contributed by atoms with Gasteiger partial charge in [-0.15, -0.1) is 11.6 Å². The van der Waals surface area contributed by atoms with Gasteiger partial charge in [0.2, 0.25) is 5.22 Å². The highest BCUT2D eigenvalue weighted by Gasteiger charge is 2.14. The number of ether oxygens (including phenoxy) is 1. The Morgan fingerprint density at radius 3 is 2.56 bits per heavy atom. The molecule has 16 heavy (non-hydrogen) atoms. The van der Waals surface area contributed by atoms with Gasteiger partial charge in [-0.3, -0.25) is 0 Å². The number of halogens is 2. The molecule has 0 saturated carbocycles. The van der Waals surface area contributed by atoms with Crippen molar-refractivity contribution in [3.8, 4) is 17.0 Å². The van der Waals surface area contributed by atoms with Gasteiger partial charge in [0.15, 0.2) is 0 Å². The second-order valence-electron chi connectivity index (χ2n) is 3.15. The molecule has 1 aromatic heterocycles. The van der Waals surface area contributed by atoms with Gasteiger partial charge in [0.25, 0.3) is 0 Å². The van der Waals surface area contributed by atoms with Crippen molar-refractivity contribution in [2.24, 2.45) is 0 Å². The van der Waals surface area contributed by atoms with Crippen molar-refractivity contribution in [2.45, 2.75) is 5.88 Å². The van der Waals surface area contributed by atoms with E-state index < -0.39 is 0 Å². The van der Waals surface area contributed by atoms with Crippen LogP contribution in [0.5, 0.6) is 5.75 Å². The first-order valence-corrected chi connectivity index (χ1v) is 5.52. The summed E-state index contributed by atoms with van der Waals surface area (Å²) in [6.45, 7) is 0. The van der Waals surface area contributed by atoms with Gasteiger partial charge in [-0.05, 0) is 35.9 Å². The minimum Gasteiger partial charge on any atom is -0.497 e. The summed E-state index contributed by atoms with van der Waals surface area (Å²) in [4.78, 5) is 0. The molecule has 0 amide bonds. The van der Waals surface area contributed by atoms with Crippen molar-refractivity contribution in [2.75, 3.05) is 7.11 Å². The van der Waals surface area contributed by atoms with Crippen LogP contribution in [0.15, 0.2) is 28.8 Å². The molecule has 0 unspecified atom stereocenters. The summed E-state index contributed by atoms with van der Waals surface area (Å²) in [5.41, 5.74) is 2.27. The second-order valence-corrected chi connectivity index (χ2v) is 3.76. The Morgan fingerprint density at radius 2 is 2.00 bits per heavy atom. The molecule has 1 aromatic carbocycles. The highest BCUT2D eigenvalue weighted by Crippen LogP contribution is 2.30. The van der Waals surface area contributed by atoms with Crippen LogP contribution in [0.25, 0.3) is 11.3 Å². The Balaban J connectivity index is 2.42. The fourth-order valence-corrected chi connectivity index (χ4v) is 1.89. The van der Waals surface area contributed by atoms with Crippen molar-refractivity contribution in [1.82, 2.24) is 5.16 Å². The number of nitrogens with zero attached hydrogens (tertiary/aromatic N) is 1. The Hall–Kier alpha value is -1.19. The fourth-order valence-electron chi connectivity index (χ4n) is 1.38. The Kier molecular flexibility index (Phi) is 3.36. The number of benzene rings is 1. The van der Waals surface area contributed by atoms with Crippen molar-refractivity contribution in [1.29, 1.82) is 0 Å². The van der Waals surface area contributed by atoms with Crippen molar-refractivity contribution in [3.05, 3.63) is 35.0 Å². The topological polar surface area (TPSA) is 35.3 Å². The molecule has 0 spiro atoms. The largest absolute Gasteiger partial charge is 0.497 e. The lowest BCUT2D eigenvalue weighted by Gasteiger charge is -2.01. The summed E-state index contributed by atoms with van der Waals surface area (Å²) in [6.07, 6.45) is 0. The number of hydrogen-bond acceptors (Lipinski definition) is 3. The summed E-state index contributed by atoms with van der Waals surface area (Å²) in [7, 11) is 1.62. The minimum atomic E-state index is 0.237. The molecule has 0 N–H and O–H groups in total. The van der Waals surface area contributed by atoms with Gasteiger partial charge in [-0.1, -0.05) is 5.16 Å². The highest BCUT2D eigenvalue weighted by atomic mass is 35.5. The first-order valence-electron chi connectivity index (χ1n) is 4.60. The van der Waals surface area contributed by atoms with Gasteiger partial charge < -0.3 is 9.26 Å². The van der Waals surface area contributed by atoms with E-state index in [4.69, 9.17) is 32.5 Å². The van der Waals surface area contributed by atoms with Crippen LogP contribution in [0, 0.1) is 0 Å². The lowest BCUT2D eigenvalue weighted by molar-refractivity contribution is 0.414. The zero-order valence-corrected chi connectivity index (χ0v) is 10.0. The minimum absolute atomic E-state index is 0.237. The molecule has 0 atom stereocenters. The van der Waals surface area contributed by atoms with E-state index in [1.54, 1.807) is 7.11 Å². The third kappa shape index (κ3) is 2.01. The maximum atomic E-state index is 5.82. The van der Waals surface area contributed by atoms with Crippen LogP contribution in [0.2, 0.25) is 5.22 Å². The molecule has 0 aliphatic rings. The van der Waals surface area contributed by atoms with Gasteiger partial charge in [-0.25, -0.2) is 0 Å². The predicted molar refractivity (Wildman–Crippen MR) is 63.1 cm³/mol. The van der Waals surface area contributed by atoms with Crippen molar-refractivity contribution >= 4 is 23.2 Å². The Labute approximate surface area is 103 Å². The standard InChI is InChI=1S/C11H9Cl2NO2/c1-15-8-4-2-7(3-5-8)10-9(6-12)11(13)16-14-10/h2-5H,6H2,1H3. The first kappa shape index (κ1) is 11.3. The molecule has 3 nitrogen and oxygen atoms in total. The van der Waals surface area contributed by atoms with Crippen LogP contribution in [0.1, 0.15) is 5.56 Å². The molecular weight excluding hydrogens is 249 g/mol. The van der Waals surface area contributed by atoms with Gasteiger partial charge in [0.05, 0.1) is 18.6 Å². The lowest BCUT2D eigenvalue weighted by Crippen LogP contribution is -1.85. The number of hydrogen-bond donors (Lipinski definition) is 0. The van der Waals surface area contributed by atoms with Crippen LogP contribution >= 0.6 is 23.2 Å². The molecule has 5 heteroatoms. The maximum Gasteiger partial charge on any atom is 0.231 e. The van der Waals surface area contributed by atoms with Crippen LogP contribution in [0.3, 0.4) is 0 Å². The third-order valence-corrected chi connectivity index (χ3v) is 2.80. The molecule has 0 saturated heterocycles. The SMILES string of the molecule is COc1ccc(-c2noc(Cl)c2CCl)cc1. The smallest absolute Gasteiger partial charge is 0.231 e. The Morgan fingerprint density at radius 1 is 1.31 bits per heavy atom. The summed E-state index contributed by atoms with van der Waals surface area (Å²) in [5.74, 6) is 1.05. The van der Waals surface area contributed by atoms with E-state index in [1.807, 2.05) is 24.3 Å². The van der Waals surface area contributed by atoms with E-state index in [1.165, 1.54) is 0 Å². The number of methoxy groups -OCH3 is 1. The van der Waals surface area contributed by atoms with Gasteiger partial charge in [0, 0.05) is 5.56 Å². The van der Waals surface area contributed by atoms with Gasteiger partial charge in [0.1, 0.15) is 11.4 Å². The van der Waals surface area contributed by atoms with Crippen LogP contribution in [-0.2, 0) is 5.88 Å². The molecule has 2 aromatic rings. The average Bonchev–Trinajstić information content (AvgIpc) is 2.70. The number of alkyl halides is 1. The fraction of sp³-hybridized carbons (Fsp3) is 0.182. The maximum absolute atomic E-state index is 5.82. The van der Waals surface area contributed by atoms with Gasteiger partial charge in [-0.2, -0.15) is 0 Å². The van der Waals surface area contributed by atoms with E-state index >= 15 is 0 Å². The normalized spacial score (nSPS) is 10.4. The summed E-state index contributed by atoms with van der Waals surface area (Å²) < 4.78 is 9.97. The van der Waals surface area contributed by atoms with Crippen LogP contribution in [0.4, 0.5) is 0 Å². The zero-order chi connectivity index (χ0) is 11.5. The molecule has 0 bridgehead atoms. The molecule has 0 aliphatic heterocycles. The summed E-state index contributed by atoms with van der Waals surface area (Å²) >= 11 is 11.6. The van der Waals surface area contributed by atoms with Crippen molar-refractivity contribution < 1.29 is 9.26 Å². The molecule has 1 heterocycles. The third-order valence-electron chi connectivity index (χ3n) is 2.24. The molecule has 84 valence electrons. The zero-order valence-electron chi connectivity index (χ0n) is 8.54. The van der Waals surface area contributed by atoms with Crippen molar-refractivity contribution in [3.63, 3.8) is 0 Å². The number of rotatable bonds is 3. The average molecular weight is 258 g/mol. The van der Waals surface area contributed by atoms with E-state index in [9.17, 15) is 0 Å². The van der Waals surface area contributed by atoms with E-state index in [2.05, 4.69) is 5.16 Å². The van der Waals surface area contributed by atoms with Crippen LogP contribution in [-0.4, -0.2) is 12.3 Å². The quantitative estimate of drug-likeness (QED) is 0.786. The van der Waals surface area contributed by atoms with E-state index in [0.29, 0.717) is 11.3 Å². The first-order chi connectivity index (χ1) is 7.76. The lowest BCUT2D eigenvalue weighted by atomic mass is 10.1.